The van der Waals surface area contributed by atoms with Gasteiger partial charge in [0.1, 0.15) is 6.20 Å². The minimum absolute atomic E-state index is 0.604. The first-order valence-electron chi connectivity index (χ1n) is 3.40. The van der Waals surface area contributed by atoms with Crippen molar-refractivity contribution >= 4 is 10.1 Å². The molecule has 70 valence electrons. The largest absolute Gasteiger partial charge is 0.748 e. The Balaban J connectivity index is 0.000000217. The Hall–Kier alpha value is -0.650. The number of rotatable bonds is 0. The Labute approximate surface area is 72.9 Å². The highest BCUT2D eigenvalue weighted by Gasteiger charge is 1.98. The van der Waals surface area contributed by atoms with Crippen molar-refractivity contribution in [2.45, 2.75) is 6.92 Å². The minimum atomic E-state index is -3.92. The van der Waals surface area contributed by atoms with Crippen LogP contribution in [0.25, 0.3) is 0 Å². The lowest BCUT2D eigenvalue weighted by atomic mass is 10.4. The maximum absolute atomic E-state index is 9.08. The fourth-order valence-corrected chi connectivity index (χ4v) is 0.718. The zero-order valence-corrected chi connectivity index (χ0v) is 8.18. The van der Waals surface area contributed by atoms with Gasteiger partial charge in [0.2, 0.25) is 0 Å². The summed E-state index contributed by atoms with van der Waals surface area (Å²) in [6.45, 7) is 2.10. The van der Waals surface area contributed by atoms with Crippen LogP contribution in [0.15, 0.2) is 24.0 Å². The van der Waals surface area contributed by atoms with E-state index in [1.54, 1.807) is 0 Å². The van der Waals surface area contributed by atoms with Crippen molar-refractivity contribution in [2.24, 2.45) is 0 Å². The normalized spacial score (nSPS) is 21.3. The zero-order chi connectivity index (χ0) is 9.78. The Morgan fingerprint density at radius 3 is 2.00 bits per heavy atom. The summed E-state index contributed by atoms with van der Waals surface area (Å²) in [6, 6.07) is 0. The summed E-state index contributed by atoms with van der Waals surface area (Å²) in [5.41, 5.74) is 1.36. The summed E-state index contributed by atoms with van der Waals surface area (Å²) in [7, 11) is -1.81. The maximum atomic E-state index is 9.08. The van der Waals surface area contributed by atoms with E-state index in [1.807, 2.05) is 0 Å². The van der Waals surface area contributed by atoms with Crippen LogP contribution in [0.1, 0.15) is 6.92 Å². The molecule has 5 heteroatoms. The molecule has 0 spiro atoms. The molecule has 0 aromatic heterocycles. The standard InChI is InChI=1S/C6H9N.CH4O3S/c1-6-3-4-7(2)5-6;1-5(2,3)4/h3-5H,1-2H3;1H3,(H,2,3,4). The lowest BCUT2D eigenvalue weighted by Crippen LogP contribution is -2.98. The number of nitrogens with one attached hydrogen (secondary N) is 1. The number of quaternary nitrogens is 1. The lowest BCUT2D eigenvalue weighted by molar-refractivity contribution is -0.763. The number of allylic oxidation sites excluding steroid dienone is 2. The molecule has 0 bridgehead atoms. The highest BCUT2D eigenvalue weighted by molar-refractivity contribution is 7.84. The van der Waals surface area contributed by atoms with Crippen molar-refractivity contribution in [2.75, 3.05) is 13.3 Å². The Kier molecular flexibility index (Phi) is 4.16. The third-order valence-corrected chi connectivity index (χ3v) is 1.06. The van der Waals surface area contributed by atoms with Crippen LogP contribution in [0, 0.1) is 0 Å². The summed E-state index contributed by atoms with van der Waals surface area (Å²) in [4.78, 5) is 1.36. The van der Waals surface area contributed by atoms with E-state index in [-0.39, 0.29) is 0 Å². The molecule has 0 saturated heterocycles. The summed E-state index contributed by atoms with van der Waals surface area (Å²) >= 11 is 0. The van der Waals surface area contributed by atoms with Gasteiger partial charge in [-0.3, -0.25) is 4.90 Å². The monoisotopic (exact) mass is 191 g/mol. The van der Waals surface area contributed by atoms with E-state index in [0.717, 1.165) is 0 Å². The van der Waals surface area contributed by atoms with Crippen LogP contribution in [-0.2, 0) is 10.1 Å². The van der Waals surface area contributed by atoms with E-state index in [0.29, 0.717) is 6.26 Å². The quantitative estimate of drug-likeness (QED) is 0.504. The molecule has 0 aromatic carbocycles. The minimum Gasteiger partial charge on any atom is -0.748 e. The summed E-state index contributed by atoms with van der Waals surface area (Å²) in [5, 5.41) is 0. The van der Waals surface area contributed by atoms with E-state index in [1.165, 1.54) is 10.5 Å². The van der Waals surface area contributed by atoms with Gasteiger partial charge in [0, 0.05) is 11.8 Å². The summed E-state index contributed by atoms with van der Waals surface area (Å²) in [6.07, 6.45) is 7.01. The molecule has 1 unspecified atom stereocenters. The van der Waals surface area contributed by atoms with Gasteiger partial charge in [-0.1, -0.05) is 0 Å². The first kappa shape index (κ1) is 11.4. The molecule has 0 saturated carbocycles. The molecular formula is C7H13NO3S. The van der Waals surface area contributed by atoms with Crippen molar-refractivity contribution in [1.29, 1.82) is 0 Å². The maximum Gasteiger partial charge on any atom is 0.102 e. The van der Waals surface area contributed by atoms with E-state index in [9.17, 15) is 0 Å². The van der Waals surface area contributed by atoms with Crippen LogP contribution < -0.4 is 4.90 Å². The zero-order valence-electron chi connectivity index (χ0n) is 7.37. The molecule has 1 aliphatic rings. The van der Waals surface area contributed by atoms with Gasteiger partial charge >= 0.3 is 0 Å². The molecule has 0 fully saturated rings. The molecule has 0 amide bonds. The van der Waals surface area contributed by atoms with Crippen molar-refractivity contribution in [3.8, 4) is 0 Å². The first-order valence-corrected chi connectivity index (χ1v) is 5.21. The number of hydrogen-bond acceptors (Lipinski definition) is 3. The molecule has 12 heavy (non-hydrogen) atoms. The van der Waals surface area contributed by atoms with E-state index in [4.69, 9.17) is 13.0 Å². The van der Waals surface area contributed by atoms with Crippen molar-refractivity contribution in [3.63, 3.8) is 0 Å². The van der Waals surface area contributed by atoms with Gasteiger partial charge < -0.3 is 4.55 Å². The van der Waals surface area contributed by atoms with Crippen molar-refractivity contribution < 1.29 is 17.9 Å². The Morgan fingerprint density at radius 1 is 1.50 bits per heavy atom. The molecular weight excluding hydrogens is 178 g/mol. The predicted molar refractivity (Wildman–Crippen MR) is 45.4 cm³/mol. The predicted octanol–water partition coefficient (Wildman–Crippen LogP) is -0.906. The van der Waals surface area contributed by atoms with Gasteiger partial charge in [0.15, 0.2) is 0 Å². The molecule has 1 heterocycles. The van der Waals surface area contributed by atoms with Crippen LogP contribution in [0.3, 0.4) is 0 Å². The highest BCUT2D eigenvalue weighted by atomic mass is 32.2. The Morgan fingerprint density at radius 2 is 1.92 bits per heavy atom. The molecule has 0 aliphatic carbocycles. The van der Waals surface area contributed by atoms with E-state index >= 15 is 0 Å². The van der Waals surface area contributed by atoms with Crippen LogP contribution in [0.2, 0.25) is 0 Å². The first-order chi connectivity index (χ1) is 5.29. The molecule has 0 aromatic rings. The average molecular weight is 191 g/mol. The average Bonchev–Trinajstić information content (AvgIpc) is 2.09. The van der Waals surface area contributed by atoms with Gasteiger partial charge in [-0.2, -0.15) is 0 Å². The van der Waals surface area contributed by atoms with Gasteiger partial charge in [-0.15, -0.1) is 0 Å². The summed E-state index contributed by atoms with van der Waals surface area (Å²) in [5.74, 6) is 0. The van der Waals surface area contributed by atoms with Gasteiger partial charge in [-0.25, -0.2) is 8.42 Å². The molecule has 4 nitrogen and oxygen atoms in total. The van der Waals surface area contributed by atoms with Gasteiger partial charge in [0.25, 0.3) is 0 Å². The summed E-state index contributed by atoms with van der Waals surface area (Å²) < 4.78 is 27.2. The van der Waals surface area contributed by atoms with Gasteiger partial charge in [0.05, 0.1) is 23.4 Å². The van der Waals surface area contributed by atoms with Crippen LogP contribution in [0.5, 0.6) is 0 Å². The third kappa shape index (κ3) is 9.35. The van der Waals surface area contributed by atoms with Crippen LogP contribution in [-0.4, -0.2) is 26.3 Å². The second-order valence-electron chi connectivity index (χ2n) is 2.67. The van der Waals surface area contributed by atoms with E-state index in [2.05, 4.69) is 32.4 Å². The second-order valence-corrected chi connectivity index (χ2v) is 4.08. The third-order valence-electron chi connectivity index (χ3n) is 1.06. The van der Waals surface area contributed by atoms with Gasteiger partial charge in [-0.05, 0) is 13.0 Å². The van der Waals surface area contributed by atoms with E-state index < -0.39 is 10.1 Å². The fourth-order valence-electron chi connectivity index (χ4n) is 0.718. The SMILES string of the molecule is CC1=C[NH+](C)C=C1.CS(=O)(=O)[O-]. The topological polar surface area (TPSA) is 61.6 Å². The smallest absolute Gasteiger partial charge is 0.102 e. The Bertz CT molecular complexity index is 282. The van der Waals surface area contributed by atoms with Crippen molar-refractivity contribution in [1.82, 2.24) is 0 Å². The molecule has 1 rings (SSSR count). The fraction of sp³-hybridized carbons (Fsp3) is 0.429. The number of hydrogen-bond donors (Lipinski definition) is 1. The van der Waals surface area contributed by atoms with Crippen LogP contribution in [0.4, 0.5) is 0 Å². The molecule has 1 atom stereocenters. The molecule has 0 radical (unpaired) electrons. The lowest BCUT2D eigenvalue weighted by Gasteiger charge is -1.90. The molecule has 1 N–H and O–H groups in total. The van der Waals surface area contributed by atoms with Crippen LogP contribution >= 0.6 is 0 Å². The molecule has 1 aliphatic heterocycles. The second kappa shape index (κ2) is 4.39. The highest BCUT2D eigenvalue weighted by Crippen LogP contribution is 1.91. The van der Waals surface area contributed by atoms with Crippen molar-refractivity contribution in [3.05, 3.63) is 24.0 Å².